The summed E-state index contributed by atoms with van der Waals surface area (Å²) in [5, 5.41) is 0. The minimum atomic E-state index is 0. The molecule has 1 aromatic heterocycles. The Morgan fingerprint density at radius 3 is 2.62 bits per heavy atom. The minimum absolute atomic E-state index is 0. The fourth-order valence-electron chi connectivity index (χ4n) is 0.404. The summed E-state index contributed by atoms with van der Waals surface area (Å²) in [6.07, 6.45) is 1.76. The third-order valence-corrected chi connectivity index (χ3v) is 0.743. The second-order valence-corrected chi connectivity index (χ2v) is 1.37. The smallest absolute Gasteiger partial charge is 0.0451 e. The molecule has 0 spiro atoms. The maximum absolute atomic E-state index is 3.92. The van der Waals surface area contributed by atoms with Crippen molar-refractivity contribution in [3.63, 3.8) is 0 Å². The Kier molecular flexibility index (Phi) is 3.20. The fraction of sp³-hybridized carbons (Fsp3) is 0.167. The van der Waals surface area contributed by atoms with E-state index in [1.54, 1.807) is 6.20 Å². The maximum Gasteiger partial charge on any atom is 0.0451 e. The van der Waals surface area contributed by atoms with Gasteiger partial charge in [-0.2, -0.15) is 0 Å². The Morgan fingerprint density at radius 1 is 1.62 bits per heavy atom. The van der Waals surface area contributed by atoms with E-state index in [4.69, 9.17) is 0 Å². The van der Waals surface area contributed by atoms with E-state index in [2.05, 4.69) is 11.1 Å². The molecule has 0 fully saturated rings. The monoisotopic (exact) mass is 128 g/mol. The molecule has 0 N–H and O–H groups in total. The fourth-order valence-corrected chi connectivity index (χ4v) is 0.404. The molecule has 0 atom stereocenters. The van der Waals surface area contributed by atoms with E-state index in [1.807, 2.05) is 19.1 Å². The van der Waals surface area contributed by atoms with Crippen LogP contribution in [0.2, 0.25) is 0 Å². The van der Waals surface area contributed by atoms with Gasteiger partial charge < -0.3 is 0 Å². The van der Waals surface area contributed by atoms with Gasteiger partial charge in [0, 0.05) is 18.0 Å². The molecule has 0 saturated heterocycles. The molecule has 1 aromatic rings. The Morgan fingerprint density at radius 2 is 2.38 bits per heavy atom. The first kappa shape index (κ1) is 7.44. The quantitative estimate of drug-likeness (QED) is 0.518. The van der Waals surface area contributed by atoms with Crippen LogP contribution in [0.15, 0.2) is 18.3 Å². The molecule has 0 aromatic carbocycles. The first-order chi connectivity index (χ1) is 3.39. The van der Waals surface area contributed by atoms with Crippen molar-refractivity contribution in [3.05, 3.63) is 30.1 Å². The normalized spacial score (nSPS) is 7.62. The highest BCUT2D eigenvalue weighted by molar-refractivity contribution is 5.85. The minimum Gasteiger partial charge on any atom is -0.261 e. The topological polar surface area (TPSA) is 12.9 Å². The first-order valence-corrected chi connectivity index (χ1v) is 2.19. The van der Waals surface area contributed by atoms with Gasteiger partial charge in [0.05, 0.1) is 0 Å². The Labute approximate surface area is 55.2 Å². The lowest BCUT2D eigenvalue weighted by Gasteiger charge is -1.81. The van der Waals surface area contributed by atoms with Gasteiger partial charge in [-0.15, -0.1) is 12.4 Å². The zero-order valence-electron chi connectivity index (χ0n) is 4.59. The second kappa shape index (κ2) is 3.44. The summed E-state index contributed by atoms with van der Waals surface area (Å²) in [6.45, 7) is 1.92. The molecular formula is C6H7ClN. The molecule has 0 unspecified atom stereocenters. The lowest BCUT2D eigenvalue weighted by atomic mass is 10.4. The van der Waals surface area contributed by atoms with E-state index < -0.39 is 0 Å². The number of aromatic nitrogens is 1. The van der Waals surface area contributed by atoms with Crippen molar-refractivity contribution in [2.75, 3.05) is 0 Å². The van der Waals surface area contributed by atoms with Gasteiger partial charge in [0.1, 0.15) is 0 Å². The van der Waals surface area contributed by atoms with Crippen LogP contribution < -0.4 is 0 Å². The van der Waals surface area contributed by atoms with Crippen LogP contribution in [0.1, 0.15) is 5.69 Å². The Balaban J connectivity index is 0.000000490. The van der Waals surface area contributed by atoms with Gasteiger partial charge in [0.2, 0.25) is 0 Å². The summed E-state index contributed by atoms with van der Waals surface area (Å²) >= 11 is 0. The molecule has 0 bridgehead atoms. The van der Waals surface area contributed by atoms with Crippen molar-refractivity contribution in [3.8, 4) is 0 Å². The van der Waals surface area contributed by atoms with Crippen LogP contribution in [0.4, 0.5) is 0 Å². The van der Waals surface area contributed by atoms with Crippen LogP contribution >= 0.6 is 12.4 Å². The molecule has 43 valence electrons. The molecule has 8 heavy (non-hydrogen) atoms. The van der Waals surface area contributed by atoms with Crippen molar-refractivity contribution >= 4 is 12.4 Å². The summed E-state index contributed by atoms with van der Waals surface area (Å²) in [6, 6.07) is 6.62. The van der Waals surface area contributed by atoms with Gasteiger partial charge in [0.25, 0.3) is 0 Å². The predicted octanol–water partition coefficient (Wildman–Crippen LogP) is 1.61. The van der Waals surface area contributed by atoms with Crippen molar-refractivity contribution < 1.29 is 0 Å². The number of rotatable bonds is 0. The molecule has 0 amide bonds. The summed E-state index contributed by atoms with van der Waals surface area (Å²) in [7, 11) is 0. The number of aryl methyl sites for hydroxylation is 1. The average Bonchev–Trinajstić information content (AvgIpc) is 1.69. The number of halogens is 1. The van der Waals surface area contributed by atoms with E-state index >= 15 is 0 Å². The summed E-state index contributed by atoms with van der Waals surface area (Å²) in [4.78, 5) is 3.92. The summed E-state index contributed by atoms with van der Waals surface area (Å²) in [5.74, 6) is 0. The zero-order valence-corrected chi connectivity index (χ0v) is 5.40. The lowest BCUT2D eigenvalue weighted by molar-refractivity contribution is 1.20. The molecule has 0 aliphatic rings. The SMILES string of the molecule is Cc1[c]cccn1.Cl. The molecule has 2 heteroatoms. The Hall–Kier alpha value is -0.560. The van der Waals surface area contributed by atoms with Crippen molar-refractivity contribution in [2.24, 2.45) is 0 Å². The van der Waals surface area contributed by atoms with Crippen LogP contribution in [0.5, 0.6) is 0 Å². The van der Waals surface area contributed by atoms with Crippen molar-refractivity contribution in [2.45, 2.75) is 6.92 Å². The van der Waals surface area contributed by atoms with Crippen LogP contribution in [-0.4, -0.2) is 4.98 Å². The van der Waals surface area contributed by atoms with E-state index in [-0.39, 0.29) is 12.4 Å². The number of nitrogens with zero attached hydrogens (tertiary/aromatic N) is 1. The second-order valence-electron chi connectivity index (χ2n) is 1.37. The van der Waals surface area contributed by atoms with E-state index in [9.17, 15) is 0 Å². The van der Waals surface area contributed by atoms with Gasteiger partial charge in [-0.05, 0) is 13.0 Å². The summed E-state index contributed by atoms with van der Waals surface area (Å²) < 4.78 is 0. The Bertz CT molecular complexity index is 138. The van der Waals surface area contributed by atoms with Crippen LogP contribution in [-0.2, 0) is 0 Å². The zero-order chi connectivity index (χ0) is 5.11. The predicted molar refractivity (Wildman–Crippen MR) is 35.1 cm³/mol. The van der Waals surface area contributed by atoms with Crippen LogP contribution in [0.25, 0.3) is 0 Å². The molecule has 0 aliphatic carbocycles. The van der Waals surface area contributed by atoms with E-state index in [1.165, 1.54) is 0 Å². The van der Waals surface area contributed by atoms with Crippen LogP contribution in [0.3, 0.4) is 0 Å². The van der Waals surface area contributed by atoms with Gasteiger partial charge in [-0.1, -0.05) is 6.07 Å². The first-order valence-electron chi connectivity index (χ1n) is 2.19. The lowest BCUT2D eigenvalue weighted by Crippen LogP contribution is -1.73. The third kappa shape index (κ3) is 1.94. The van der Waals surface area contributed by atoms with Crippen molar-refractivity contribution in [1.29, 1.82) is 0 Å². The molecule has 1 nitrogen and oxygen atoms in total. The standard InChI is InChI=1S/C6H6N.ClH/c1-6-4-2-3-5-7-6;/h2-3,5H,1H3;1H. The molecule has 1 heterocycles. The van der Waals surface area contributed by atoms with Crippen molar-refractivity contribution in [1.82, 2.24) is 4.98 Å². The molecule has 1 rings (SSSR count). The highest BCUT2D eigenvalue weighted by Gasteiger charge is 1.74. The highest BCUT2D eigenvalue weighted by Crippen LogP contribution is 1.84. The van der Waals surface area contributed by atoms with E-state index in [0.717, 1.165) is 5.69 Å². The highest BCUT2D eigenvalue weighted by atomic mass is 35.5. The number of hydrogen-bond donors (Lipinski definition) is 0. The molecule has 1 radical (unpaired) electrons. The van der Waals surface area contributed by atoms with Gasteiger partial charge in [-0.3, -0.25) is 4.98 Å². The molecule has 0 saturated carbocycles. The summed E-state index contributed by atoms with van der Waals surface area (Å²) in [5.41, 5.74) is 0.947. The number of hydrogen-bond acceptors (Lipinski definition) is 1. The molecular weight excluding hydrogens is 122 g/mol. The third-order valence-electron chi connectivity index (χ3n) is 0.743. The van der Waals surface area contributed by atoms with E-state index in [0.29, 0.717) is 0 Å². The van der Waals surface area contributed by atoms with Crippen LogP contribution in [0, 0.1) is 13.0 Å². The average molecular weight is 129 g/mol. The van der Waals surface area contributed by atoms with Gasteiger partial charge in [-0.25, -0.2) is 0 Å². The largest absolute Gasteiger partial charge is 0.261 e. The van der Waals surface area contributed by atoms with Gasteiger partial charge >= 0.3 is 0 Å². The maximum atomic E-state index is 3.92. The molecule has 0 aliphatic heterocycles. The number of pyridine rings is 1. The van der Waals surface area contributed by atoms with Gasteiger partial charge in [0.15, 0.2) is 0 Å².